The smallest absolute Gasteiger partial charge is 0.254 e. The molecule has 0 spiro atoms. The third-order valence-corrected chi connectivity index (χ3v) is 6.33. The van der Waals surface area contributed by atoms with Crippen LogP contribution in [0.25, 0.3) is 22.2 Å². The number of carbonyl (C=O) groups is 1. The van der Waals surface area contributed by atoms with Crippen LogP contribution in [0.3, 0.4) is 0 Å². The molecule has 1 fully saturated rings. The molecule has 0 atom stereocenters. The number of H-pyrrole nitrogens is 1. The van der Waals surface area contributed by atoms with Crippen LogP contribution in [0.1, 0.15) is 28.8 Å². The Morgan fingerprint density at radius 3 is 2.50 bits per heavy atom. The fourth-order valence-electron chi connectivity index (χ4n) is 4.40. The summed E-state index contributed by atoms with van der Waals surface area (Å²) in [6.45, 7) is 3.32. The van der Waals surface area contributed by atoms with E-state index >= 15 is 0 Å². The van der Waals surface area contributed by atoms with Crippen molar-refractivity contribution >= 4 is 16.9 Å². The number of carbonyl (C=O) groups excluding carboxylic acids is 1. The number of hydrogen-bond acceptors (Lipinski definition) is 4. The van der Waals surface area contributed by atoms with Crippen LogP contribution in [-0.4, -0.2) is 57.3 Å². The molecular formula is C26H25F2N5O. The number of rotatable bonds is 7. The second kappa shape index (κ2) is 9.69. The van der Waals surface area contributed by atoms with Crippen LogP contribution in [-0.2, 0) is 6.54 Å². The van der Waals surface area contributed by atoms with Gasteiger partial charge in [-0.1, -0.05) is 17.3 Å². The zero-order valence-electron chi connectivity index (χ0n) is 18.7. The first-order chi connectivity index (χ1) is 16.6. The van der Waals surface area contributed by atoms with Gasteiger partial charge in [0.25, 0.3) is 5.91 Å². The summed E-state index contributed by atoms with van der Waals surface area (Å²) in [6, 6.07) is 16.1. The third kappa shape index (κ3) is 4.82. The van der Waals surface area contributed by atoms with Crippen LogP contribution in [0.5, 0.6) is 0 Å². The fraction of sp³-hybridized carbons (Fsp3) is 0.269. The van der Waals surface area contributed by atoms with Crippen molar-refractivity contribution in [2.75, 3.05) is 26.2 Å². The van der Waals surface area contributed by atoms with Gasteiger partial charge in [0.2, 0.25) is 0 Å². The molecule has 0 bridgehead atoms. The first-order valence-corrected chi connectivity index (χ1v) is 11.4. The van der Waals surface area contributed by atoms with Crippen LogP contribution >= 0.6 is 0 Å². The highest BCUT2D eigenvalue weighted by Gasteiger charge is 2.21. The van der Waals surface area contributed by atoms with Crippen molar-refractivity contribution in [3.05, 3.63) is 83.4 Å². The van der Waals surface area contributed by atoms with Crippen molar-refractivity contribution in [1.29, 1.82) is 0 Å². The second-order valence-corrected chi connectivity index (χ2v) is 8.63. The molecule has 1 amide bonds. The first kappa shape index (κ1) is 22.2. The molecule has 8 heteroatoms. The van der Waals surface area contributed by atoms with Crippen molar-refractivity contribution < 1.29 is 13.6 Å². The van der Waals surface area contributed by atoms with Crippen LogP contribution in [0.15, 0.2) is 60.7 Å². The Balaban J connectivity index is 1.42. The lowest BCUT2D eigenvalue weighted by molar-refractivity contribution is 0.0725. The van der Waals surface area contributed by atoms with Crippen LogP contribution in [0, 0.1) is 11.6 Å². The molecule has 4 aromatic rings. The Morgan fingerprint density at radius 1 is 0.971 bits per heavy atom. The van der Waals surface area contributed by atoms with Gasteiger partial charge < -0.3 is 9.80 Å². The maximum absolute atomic E-state index is 14.9. The molecule has 3 aromatic carbocycles. The van der Waals surface area contributed by atoms with E-state index in [0.717, 1.165) is 54.6 Å². The van der Waals surface area contributed by atoms with Gasteiger partial charge in [0.1, 0.15) is 17.2 Å². The van der Waals surface area contributed by atoms with Gasteiger partial charge in [0.15, 0.2) is 0 Å². The Morgan fingerprint density at radius 2 is 1.71 bits per heavy atom. The normalized spacial score (nSPS) is 14.1. The summed E-state index contributed by atoms with van der Waals surface area (Å²) in [7, 11) is 0. The number of amides is 1. The molecule has 174 valence electrons. The number of halogens is 2. The number of likely N-dealkylation sites (tertiary alicyclic amines) is 1. The molecule has 0 radical (unpaired) electrons. The molecule has 0 aliphatic carbocycles. The standard InChI is InChI=1S/C26H25F2N5O/c27-22-7-3-18(4-8-22)26(34)33(14-13-32-11-1-2-12-32)17-21-15-19(5-9-23(21)28)20-6-10-24-25(16-20)30-31-29-24/h3-10,15-16H,1-2,11-14,17H2,(H,29,30,31). The van der Waals surface area contributed by atoms with Crippen LogP contribution in [0.4, 0.5) is 8.78 Å². The maximum atomic E-state index is 14.9. The van der Waals surface area contributed by atoms with Gasteiger partial charge in [-0.3, -0.25) is 9.89 Å². The van der Waals surface area contributed by atoms with Gasteiger partial charge in [-0.2, -0.15) is 0 Å². The highest BCUT2D eigenvalue weighted by Crippen LogP contribution is 2.26. The van der Waals surface area contributed by atoms with E-state index in [1.807, 2.05) is 18.2 Å². The van der Waals surface area contributed by atoms with Gasteiger partial charge in [0.05, 0.1) is 5.52 Å². The number of aromatic amines is 1. The van der Waals surface area contributed by atoms with Gasteiger partial charge in [0, 0.05) is 30.8 Å². The Hall–Kier alpha value is -3.65. The average molecular weight is 462 g/mol. The largest absolute Gasteiger partial charge is 0.333 e. The van der Waals surface area contributed by atoms with Crippen molar-refractivity contribution in [3.8, 4) is 11.1 Å². The van der Waals surface area contributed by atoms with E-state index in [0.29, 0.717) is 17.7 Å². The Bertz CT molecular complexity index is 1300. The molecular weight excluding hydrogens is 436 g/mol. The van der Waals surface area contributed by atoms with Gasteiger partial charge in [-0.15, -0.1) is 5.10 Å². The number of hydrogen-bond donors (Lipinski definition) is 1. The third-order valence-electron chi connectivity index (χ3n) is 6.33. The summed E-state index contributed by atoms with van der Waals surface area (Å²) in [5.74, 6) is -1.01. The first-order valence-electron chi connectivity index (χ1n) is 11.4. The molecule has 6 nitrogen and oxygen atoms in total. The molecule has 34 heavy (non-hydrogen) atoms. The lowest BCUT2D eigenvalue weighted by Gasteiger charge is -2.26. The Kier molecular flexibility index (Phi) is 6.31. The summed E-state index contributed by atoms with van der Waals surface area (Å²) in [6.07, 6.45) is 2.30. The van der Waals surface area contributed by atoms with Crippen LogP contribution < -0.4 is 0 Å². The van der Waals surface area contributed by atoms with E-state index in [4.69, 9.17) is 0 Å². The predicted octanol–water partition coefficient (Wildman–Crippen LogP) is 4.64. The molecule has 0 unspecified atom stereocenters. The van der Waals surface area contributed by atoms with E-state index in [9.17, 15) is 13.6 Å². The number of nitrogens with one attached hydrogen (secondary N) is 1. The van der Waals surface area contributed by atoms with Gasteiger partial charge >= 0.3 is 0 Å². The minimum atomic E-state index is -0.400. The van der Waals surface area contributed by atoms with Crippen LogP contribution in [0.2, 0.25) is 0 Å². The zero-order chi connectivity index (χ0) is 23.5. The molecule has 1 aromatic heterocycles. The van der Waals surface area contributed by atoms with Crippen molar-refractivity contribution in [2.45, 2.75) is 19.4 Å². The maximum Gasteiger partial charge on any atom is 0.254 e. The molecule has 1 N–H and O–H groups in total. The van der Waals surface area contributed by atoms with E-state index in [1.165, 1.54) is 30.3 Å². The van der Waals surface area contributed by atoms with Crippen molar-refractivity contribution in [1.82, 2.24) is 25.2 Å². The lowest BCUT2D eigenvalue weighted by Crippen LogP contribution is -2.37. The summed E-state index contributed by atoms with van der Waals surface area (Å²) in [5, 5.41) is 10.7. The van der Waals surface area contributed by atoms with E-state index in [2.05, 4.69) is 20.3 Å². The van der Waals surface area contributed by atoms with Crippen molar-refractivity contribution in [3.63, 3.8) is 0 Å². The molecule has 5 rings (SSSR count). The highest BCUT2D eigenvalue weighted by atomic mass is 19.1. The summed E-state index contributed by atoms with van der Waals surface area (Å²) >= 11 is 0. The average Bonchev–Trinajstić information content (AvgIpc) is 3.54. The molecule has 2 heterocycles. The zero-order valence-corrected chi connectivity index (χ0v) is 18.7. The topological polar surface area (TPSA) is 65.1 Å². The summed E-state index contributed by atoms with van der Waals surface area (Å²) in [4.78, 5) is 17.3. The minimum absolute atomic E-state index is 0.121. The fourth-order valence-corrected chi connectivity index (χ4v) is 4.40. The Labute approximate surface area is 196 Å². The number of nitrogens with zero attached hydrogens (tertiary/aromatic N) is 4. The quantitative estimate of drug-likeness (QED) is 0.436. The number of fused-ring (bicyclic) bond motifs is 1. The summed E-state index contributed by atoms with van der Waals surface area (Å²) in [5.41, 5.74) is 4.07. The number of benzene rings is 3. The minimum Gasteiger partial charge on any atom is -0.333 e. The van der Waals surface area contributed by atoms with Crippen molar-refractivity contribution in [2.24, 2.45) is 0 Å². The monoisotopic (exact) mass is 461 g/mol. The highest BCUT2D eigenvalue weighted by molar-refractivity contribution is 5.94. The number of aromatic nitrogens is 3. The molecule has 1 aliphatic heterocycles. The van der Waals surface area contributed by atoms with E-state index in [-0.39, 0.29) is 18.3 Å². The summed E-state index contributed by atoms with van der Waals surface area (Å²) < 4.78 is 28.3. The predicted molar refractivity (Wildman–Crippen MR) is 126 cm³/mol. The molecule has 1 saturated heterocycles. The molecule has 0 saturated carbocycles. The SMILES string of the molecule is O=C(c1ccc(F)cc1)N(CCN1CCCC1)Cc1cc(-c2ccc3[nH]nnc3c2)ccc1F. The molecule has 1 aliphatic rings. The second-order valence-electron chi connectivity index (χ2n) is 8.63. The van der Waals surface area contributed by atoms with E-state index < -0.39 is 5.82 Å². The van der Waals surface area contributed by atoms with E-state index in [1.54, 1.807) is 17.0 Å². The van der Waals surface area contributed by atoms with Gasteiger partial charge in [-0.25, -0.2) is 8.78 Å². The van der Waals surface area contributed by atoms with Gasteiger partial charge in [-0.05, 0) is 85.6 Å². The lowest BCUT2D eigenvalue weighted by atomic mass is 10.0.